The van der Waals surface area contributed by atoms with E-state index in [2.05, 4.69) is 47.2 Å². The summed E-state index contributed by atoms with van der Waals surface area (Å²) in [6, 6.07) is 9.61. The van der Waals surface area contributed by atoms with Crippen molar-refractivity contribution in [3.8, 4) is 0 Å². The molecule has 34 heavy (non-hydrogen) atoms. The lowest BCUT2D eigenvalue weighted by atomic mass is 10.1. The van der Waals surface area contributed by atoms with Crippen LogP contribution in [0, 0.1) is 0 Å². The first-order valence-electron chi connectivity index (χ1n) is 12.3. The van der Waals surface area contributed by atoms with Crippen molar-refractivity contribution >= 4 is 79.8 Å². The normalized spacial score (nSPS) is 22.7. The van der Waals surface area contributed by atoms with Crippen molar-refractivity contribution in [1.82, 2.24) is 0 Å². The van der Waals surface area contributed by atoms with E-state index < -0.39 is 0 Å². The van der Waals surface area contributed by atoms with Crippen LogP contribution >= 0.6 is 45.3 Å². The molecule has 4 heterocycles. The Balaban J connectivity index is 1.14. The lowest BCUT2D eigenvalue weighted by Crippen LogP contribution is -1.81. The zero-order valence-corrected chi connectivity index (χ0v) is 22.2. The molecule has 0 radical (unpaired) electrons. The first kappa shape index (κ1) is 20.2. The van der Waals surface area contributed by atoms with Gasteiger partial charge in [-0.05, 0) is 143 Å². The molecule has 0 fully saturated rings. The molecule has 4 aliphatic rings. The van der Waals surface area contributed by atoms with Crippen LogP contribution in [-0.4, -0.2) is 0 Å². The highest BCUT2D eigenvalue weighted by molar-refractivity contribution is 7.15. The molecular weight excluding hydrogens is 489 g/mol. The molecule has 0 unspecified atom stereocenters. The zero-order valence-electron chi connectivity index (χ0n) is 18.9. The first-order chi connectivity index (χ1) is 16.8. The number of allylic oxidation sites excluding steroid dienone is 4. The highest BCUT2D eigenvalue weighted by Gasteiger charge is 2.29. The Hall–Kier alpha value is -1.98. The van der Waals surface area contributed by atoms with Crippen molar-refractivity contribution in [3.63, 3.8) is 0 Å². The van der Waals surface area contributed by atoms with Crippen molar-refractivity contribution in [1.29, 1.82) is 0 Å². The van der Waals surface area contributed by atoms with Gasteiger partial charge in [0, 0.05) is 29.3 Å². The smallest absolute Gasteiger partial charge is 0.0344 e. The van der Waals surface area contributed by atoms with Crippen LogP contribution < -0.4 is 0 Å². The number of hydrogen-bond acceptors (Lipinski definition) is 4. The average Bonchev–Trinajstić information content (AvgIpc) is 3.63. The van der Waals surface area contributed by atoms with Gasteiger partial charge in [0.25, 0.3) is 0 Å². The van der Waals surface area contributed by atoms with Gasteiger partial charge in [-0.3, -0.25) is 0 Å². The summed E-state index contributed by atoms with van der Waals surface area (Å²) in [5, 5.41) is 4.51. The van der Waals surface area contributed by atoms with E-state index in [0.29, 0.717) is 0 Å². The molecule has 4 aromatic rings. The molecule has 0 atom stereocenters. The van der Waals surface area contributed by atoms with Crippen LogP contribution in [0.5, 0.6) is 0 Å². The molecule has 0 aliphatic heterocycles. The third kappa shape index (κ3) is 3.12. The number of aryl methyl sites for hydroxylation is 4. The number of rotatable bonds is 2. The minimum absolute atomic E-state index is 1.21. The maximum Gasteiger partial charge on any atom is 0.0344 e. The summed E-state index contributed by atoms with van der Waals surface area (Å²) in [5.41, 5.74) is 12.7. The van der Waals surface area contributed by atoms with Crippen LogP contribution in [0.4, 0.5) is 0 Å². The molecule has 4 aromatic heterocycles. The summed E-state index contributed by atoms with van der Waals surface area (Å²) >= 11 is 7.93. The Labute approximate surface area is 216 Å². The minimum Gasteiger partial charge on any atom is -0.144 e. The number of hydrogen-bond donors (Lipinski definition) is 0. The molecule has 0 N–H and O–H groups in total. The molecule has 8 rings (SSSR count). The quantitative estimate of drug-likeness (QED) is 0.251. The molecule has 4 heteroatoms. The summed E-state index contributed by atoms with van der Waals surface area (Å²) < 4.78 is 0. The Morgan fingerprint density at radius 1 is 0.500 bits per heavy atom. The highest BCUT2D eigenvalue weighted by Crippen LogP contribution is 2.50. The standard InChI is InChI=1S/C30H24S4/c1-3-19(27-17(1)9-11-31-27)13-23-15-21-5-7-25(29(21)33-23)26-8-6-22-16-24(34-30(22)26)14-20-4-2-18-10-12-32-28(18)20/h9-16H,1-8H2/b19-13-,20-14+,26-25-. The molecular formula is C30H24S4. The topological polar surface area (TPSA) is 0 Å². The molecule has 0 bridgehead atoms. The minimum atomic E-state index is 1.21. The predicted octanol–water partition coefficient (Wildman–Crippen LogP) is 9.71. The van der Waals surface area contributed by atoms with E-state index in [-0.39, 0.29) is 0 Å². The molecule has 0 amide bonds. The summed E-state index contributed by atoms with van der Waals surface area (Å²) in [6.45, 7) is 0. The van der Waals surface area contributed by atoms with E-state index >= 15 is 0 Å². The monoisotopic (exact) mass is 512 g/mol. The van der Waals surface area contributed by atoms with Gasteiger partial charge in [-0.2, -0.15) is 0 Å². The largest absolute Gasteiger partial charge is 0.144 e. The molecule has 0 spiro atoms. The van der Waals surface area contributed by atoms with Crippen LogP contribution in [0.25, 0.3) is 34.4 Å². The Morgan fingerprint density at radius 3 is 1.47 bits per heavy atom. The summed E-state index contributed by atoms with van der Waals surface area (Å²) in [7, 11) is 0. The predicted molar refractivity (Wildman–Crippen MR) is 153 cm³/mol. The van der Waals surface area contributed by atoms with Crippen LogP contribution in [0.3, 0.4) is 0 Å². The van der Waals surface area contributed by atoms with Gasteiger partial charge in [0.05, 0.1) is 0 Å². The molecule has 0 saturated carbocycles. The van der Waals surface area contributed by atoms with E-state index in [1.54, 1.807) is 54.3 Å². The van der Waals surface area contributed by atoms with Crippen LogP contribution in [0.15, 0.2) is 35.0 Å². The fourth-order valence-electron chi connectivity index (χ4n) is 6.26. The van der Waals surface area contributed by atoms with Gasteiger partial charge in [-0.1, -0.05) is 0 Å². The fourth-order valence-corrected chi connectivity index (χ4v) is 10.8. The fraction of sp³-hybridized carbons (Fsp3) is 0.267. The third-order valence-electron chi connectivity index (χ3n) is 7.89. The maximum atomic E-state index is 2.49. The van der Waals surface area contributed by atoms with Gasteiger partial charge in [-0.15, -0.1) is 45.3 Å². The lowest BCUT2D eigenvalue weighted by molar-refractivity contribution is 1.06. The Bertz CT molecular complexity index is 1440. The molecule has 0 aromatic carbocycles. The first-order valence-corrected chi connectivity index (χ1v) is 15.7. The highest BCUT2D eigenvalue weighted by atomic mass is 32.1. The van der Waals surface area contributed by atoms with Gasteiger partial charge >= 0.3 is 0 Å². The molecule has 168 valence electrons. The Kier molecular flexibility index (Phi) is 4.62. The zero-order chi connectivity index (χ0) is 22.2. The summed E-state index contributed by atoms with van der Waals surface area (Å²) in [4.78, 5) is 9.16. The molecule has 0 saturated heterocycles. The third-order valence-corrected chi connectivity index (χ3v) is 12.3. The lowest BCUT2D eigenvalue weighted by Gasteiger charge is -2.05. The van der Waals surface area contributed by atoms with Crippen molar-refractivity contribution in [2.45, 2.75) is 51.4 Å². The van der Waals surface area contributed by atoms with E-state index in [1.807, 2.05) is 45.3 Å². The summed E-state index contributed by atoms with van der Waals surface area (Å²) in [5.74, 6) is 0. The second kappa shape index (κ2) is 7.76. The van der Waals surface area contributed by atoms with E-state index in [4.69, 9.17) is 0 Å². The van der Waals surface area contributed by atoms with Gasteiger partial charge in [0.2, 0.25) is 0 Å². The van der Waals surface area contributed by atoms with Crippen molar-refractivity contribution in [3.05, 3.63) is 86.5 Å². The van der Waals surface area contributed by atoms with Crippen LogP contribution in [0.1, 0.15) is 77.2 Å². The van der Waals surface area contributed by atoms with Gasteiger partial charge in [-0.25, -0.2) is 0 Å². The number of thiophene rings is 4. The second-order valence-corrected chi connectivity index (χ2v) is 13.9. The Morgan fingerprint density at radius 2 is 0.971 bits per heavy atom. The van der Waals surface area contributed by atoms with Gasteiger partial charge < -0.3 is 0 Å². The van der Waals surface area contributed by atoms with Crippen LogP contribution in [-0.2, 0) is 25.7 Å². The average molecular weight is 513 g/mol. The van der Waals surface area contributed by atoms with Gasteiger partial charge in [0.1, 0.15) is 0 Å². The summed E-state index contributed by atoms with van der Waals surface area (Å²) in [6.07, 6.45) is 14.7. The van der Waals surface area contributed by atoms with E-state index in [1.165, 1.54) is 70.9 Å². The maximum absolute atomic E-state index is 2.49. The van der Waals surface area contributed by atoms with Crippen molar-refractivity contribution in [2.24, 2.45) is 0 Å². The SMILES string of the molecule is C(=C1\CCc2ccsc21)/c1cc2c(s1)/C(=C1/CCc3cc(/C=C4\CCc5ccsc54)sc31)CC2. The van der Waals surface area contributed by atoms with E-state index in [0.717, 1.165) is 0 Å². The van der Waals surface area contributed by atoms with Gasteiger partial charge in [0.15, 0.2) is 0 Å². The van der Waals surface area contributed by atoms with Crippen LogP contribution in [0.2, 0.25) is 0 Å². The van der Waals surface area contributed by atoms with Crippen molar-refractivity contribution < 1.29 is 0 Å². The number of fused-ring (bicyclic) bond motifs is 4. The molecule has 4 aliphatic carbocycles. The van der Waals surface area contributed by atoms with Crippen molar-refractivity contribution in [2.75, 3.05) is 0 Å². The second-order valence-electron chi connectivity index (χ2n) is 9.85. The van der Waals surface area contributed by atoms with E-state index in [9.17, 15) is 0 Å². The molecule has 0 nitrogen and oxygen atoms in total.